The summed E-state index contributed by atoms with van der Waals surface area (Å²) in [5.41, 5.74) is 1.23. The standard InChI is InChI=1S/C25H25N5O6/c1-15(14-35-3)36-21-8-22(27-10-18(21)9-26)29-25(34)19-6-4-5-16-7-17(11-30(2)23(33)13-32)20(12-31)28-24(16)19/h4-8,10,12,15,32H,11,13-14H2,1-3H3,(H,27,29,34). The Labute approximate surface area is 207 Å². The molecule has 0 saturated carbocycles. The van der Waals surface area contributed by atoms with Gasteiger partial charge in [0.05, 0.1) is 23.9 Å². The molecule has 186 valence electrons. The third-order valence-corrected chi connectivity index (χ3v) is 5.24. The van der Waals surface area contributed by atoms with Crippen LogP contribution in [0.1, 0.15) is 38.9 Å². The average molecular weight is 492 g/mol. The van der Waals surface area contributed by atoms with Gasteiger partial charge in [-0.25, -0.2) is 9.97 Å². The predicted octanol–water partition coefficient (Wildman–Crippen LogP) is 1.93. The van der Waals surface area contributed by atoms with Gasteiger partial charge in [0.1, 0.15) is 41.6 Å². The van der Waals surface area contributed by atoms with Crippen LogP contribution in [0.5, 0.6) is 5.75 Å². The molecule has 36 heavy (non-hydrogen) atoms. The third kappa shape index (κ3) is 5.99. The predicted molar refractivity (Wildman–Crippen MR) is 130 cm³/mol. The lowest BCUT2D eigenvalue weighted by Gasteiger charge is -2.17. The van der Waals surface area contributed by atoms with E-state index in [-0.39, 0.29) is 46.6 Å². The number of hydrogen-bond acceptors (Lipinski definition) is 9. The van der Waals surface area contributed by atoms with E-state index in [0.29, 0.717) is 23.8 Å². The highest BCUT2D eigenvalue weighted by molar-refractivity contribution is 6.12. The van der Waals surface area contributed by atoms with Gasteiger partial charge in [-0.05, 0) is 19.1 Å². The van der Waals surface area contributed by atoms with Crippen molar-refractivity contribution in [2.45, 2.75) is 19.6 Å². The van der Waals surface area contributed by atoms with Crippen molar-refractivity contribution >= 4 is 34.8 Å². The van der Waals surface area contributed by atoms with Gasteiger partial charge < -0.3 is 24.8 Å². The van der Waals surface area contributed by atoms with Gasteiger partial charge in [-0.3, -0.25) is 14.4 Å². The molecule has 1 atom stereocenters. The number of aldehydes is 1. The van der Waals surface area contributed by atoms with Gasteiger partial charge >= 0.3 is 0 Å². The fraction of sp³-hybridized carbons (Fsp3) is 0.280. The van der Waals surface area contributed by atoms with E-state index < -0.39 is 18.4 Å². The number of amides is 2. The molecule has 0 aliphatic rings. The van der Waals surface area contributed by atoms with Crippen LogP contribution < -0.4 is 10.1 Å². The largest absolute Gasteiger partial charge is 0.487 e. The number of aliphatic hydroxyl groups excluding tert-OH is 1. The molecule has 0 spiro atoms. The highest BCUT2D eigenvalue weighted by Crippen LogP contribution is 2.24. The van der Waals surface area contributed by atoms with Crippen LogP contribution in [-0.2, 0) is 16.1 Å². The molecule has 2 heterocycles. The Morgan fingerprint density at radius 3 is 2.78 bits per heavy atom. The lowest BCUT2D eigenvalue weighted by atomic mass is 10.0. The number of rotatable bonds is 10. The molecule has 0 saturated heterocycles. The first-order valence-corrected chi connectivity index (χ1v) is 10.9. The Kier molecular flexibility index (Phi) is 8.61. The summed E-state index contributed by atoms with van der Waals surface area (Å²) < 4.78 is 10.8. The molecule has 11 nitrogen and oxygen atoms in total. The SMILES string of the molecule is COCC(C)Oc1cc(NC(=O)c2cccc3cc(CN(C)C(=O)CO)c(C=O)nc23)ncc1C#N. The smallest absolute Gasteiger partial charge is 0.259 e. The van der Waals surface area contributed by atoms with E-state index in [4.69, 9.17) is 14.6 Å². The van der Waals surface area contributed by atoms with Crippen LogP contribution in [0.4, 0.5) is 5.82 Å². The zero-order valence-corrected chi connectivity index (χ0v) is 20.0. The van der Waals surface area contributed by atoms with Crippen LogP contribution in [0.3, 0.4) is 0 Å². The van der Waals surface area contributed by atoms with Crippen molar-refractivity contribution in [3.05, 3.63) is 58.9 Å². The Morgan fingerprint density at radius 2 is 2.11 bits per heavy atom. The number of aromatic nitrogens is 2. The number of nitrogens with zero attached hydrogens (tertiary/aromatic N) is 4. The van der Waals surface area contributed by atoms with E-state index >= 15 is 0 Å². The summed E-state index contributed by atoms with van der Waals surface area (Å²) >= 11 is 0. The average Bonchev–Trinajstić information content (AvgIpc) is 2.87. The molecule has 1 unspecified atom stereocenters. The Morgan fingerprint density at radius 1 is 1.33 bits per heavy atom. The molecule has 0 radical (unpaired) electrons. The molecule has 1 aromatic carbocycles. The molecular formula is C25H25N5O6. The number of pyridine rings is 2. The van der Waals surface area contributed by atoms with E-state index in [1.807, 2.05) is 6.07 Å². The second-order valence-corrected chi connectivity index (χ2v) is 7.95. The number of anilines is 1. The van der Waals surface area contributed by atoms with Crippen LogP contribution in [0.15, 0.2) is 36.5 Å². The zero-order chi connectivity index (χ0) is 26.2. The van der Waals surface area contributed by atoms with Crippen molar-refractivity contribution in [1.29, 1.82) is 5.26 Å². The summed E-state index contributed by atoms with van der Waals surface area (Å²) in [6, 6.07) is 10.1. The van der Waals surface area contributed by atoms with E-state index in [1.54, 1.807) is 31.2 Å². The van der Waals surface area contributed by atoms with Gasteiger partial charge in [0.15, 0.2) is 6.29 Å². The van der Waals surface area contributed by atoms with E-state index in [1.165, 1.54) is 31.3 Å². The van der Waals surface area contributed by atoms with E-state index in [2.05, 4.69) is 15.3 Å². The summed E-state index contributed by atoms with van der Waals surface area (Å²) in [7, 11) is 3.03. The topological polar surface area (TPSA) is 155 Å². The van der Waals surface area contributed by atoms with E-state index in [0.717, 1.165) is 0 Å². The first-order chi connectivity index (χ1) is 17.3. The van der Waals surface area contributed by atoms with Gasteiger partial charge in [0, 0.05) is 37.7 Å². The number of nitrogens with one attached hydrogen (secondary N) is 1. The Balaban J connectivity index is 1.92. The van der Waals surface area contributed by atoms with Crippen LogP contribution >= 0.6 is 0 Å². The number of benzene rings is 1. The number of nitriles is 1. The Hall–Kier alpha value is -4.40. The number of likely N-dealkylation sites (N-methyl/N-ethyl adjacent to an activating group) is 1. The number of aliphatic hydroxyl groups is 1. The maximum Gasteiger partial charge on any atom is 0.259 e. The first-order valence-electron chi connectivity index (χ1n) is 10.9. The van der Waals surface area contributed by atoms with Crippen molar-refractivity contribution in [2.75, 3.05) is 32.7 Å². The molecule has 3 rings (SSSR count). The van der Waals surface area contributed by atoms with Gasteiger partial charge in [-0.1, -0.05) is 12.1 Å². The molecule has 11 heteroatoms. The second kappa shape index (κ2) is 11.8. The molecule has 2 aromatic heterocycles. The number of methoxy groups -OCH3 is 1. The zero-order valence-electron chi connectivity index (χ0n) is 20.0. The number of carbonyl (C=O) groups is 3. The summed E-state index contributed by atoms with van der Waals surface area (Å²) in [5, 5.41) is 21.7. The summed E-state index contributed by atoms with van der Waals surface area (Å²) in [6.45, 7) is 1.50. The number of ether oxygens (including phenoxy) is 2. The Bertz CT molecular complexity index is 1340. The molecule has 2 N–H and O–H groups in total. The third-order valence-electron chi connectivity index (χ3n) is 5.24. The molecule has 2 amide bonds. The highest BCUT2D eigenvalue weighted by Gasteiger charge is 2.18. The van der Waals surface area contributed by atoms with Crippen LogP contribution in [-0.4, -0.2) is 71.6 Å². The lowest BCUT2D eigenvalue weighted by molar-refractivity contribution is -0.133. The molecule has 0 aliphatic carbocycles. The van der Waals surface area contributed by atoms with Crippen molar-refractivity contribution < 1.29 is 29.0 Å². The monoisotopic (exact) mass is 491 g/mol. The number of hydrogen-bond donors (Lipinski definition) is 2. The van der Waals surface area contributed by atoms with Crippen LogP contribution in [0.25, 0.3) is 10.9 Å². The minimum Gasteiger partial charge on any atom is -0.487 e. The number of fused-ring (bicyclic) bond motifs is 1. The maximum absolute atomic E-state index is 13.1. The molecule has 0 bridgehead atoms. The lowest BCUT2D eigenvalue weighted by Crippen LogP contribution is -2.29. The molecule has 0 fully saturated rings. The summed E-state index contributed by atoms with van der Waals surface area (Å²) in [4.78, 5) is 46.3. The fourth-order valence-electron chi connectivity index (χ4n) is 3.49. The summed E-state index contributed by atoms with van der Waals surface area (Å²) in [5.74, 6) is -0.627. The van der Waals surface area contributed by atoms with Crippen LogP contribution in [0.2, 0.25) is 0 Å². The van der Waals surface area contributed by atoms with Gasteiger partial charge in [-0.2, -0.15) is 5.26 Å². The quantitative estimate of drug-likeness (QED) is 0.405. The maximum atomic E-state index is 13.1. The molecule has 0 aliphatic heterocycles. The van der Waals surface area contributed by atoms with Crippen molar-refractivity contribution in [2.24, 2.45) is 0 Å². The van der Waals surface area contributed by atoms with Gasteiger partial charge in [0.2, 0.25) is 5.91 Å². The minimum atomic E-state index is -0.653. The van der Waals surface area contributed by atoms with Gasteiger partial charge in [-0.15, -0.1) is 0 Å². The number of carbonyl (C=O) groups excluding carboxylic acids is 3. The van der Waals surface area contributed by atoms with Crippen molar-refractivity contribution in [3.8, 4) is 11.8 Å². The number of para-hydroxylation sites is 1. The normalized spacial score (nSPS) is 11.4. The van der Waals surface area contributed by atoms with Gasteiger partial charge in [0.25, 0.3) is 5.91 Å². The van der Waals surface area contributed by atoms with E-state index in [9.17, 15) is 19.6 Å². The summed E-state index contributed by atoms with van der Waals surface area (Å²) in [6.07, 6.45) is 1.51. The molecular weight excluding hydrogens is 466 g/mol. The second-order valence-electron chi connectivity index (χ2n) is 7.95. The fourth-order valence-corrected chi connectivity index (χ4v) is 3.49. The highest BCUT2D eigenvalue weighted by atomic mass is 16.5. The van der Waals surface area contributed by atoms with Crippen LogP contribution in [0, 0.1) is 11.3 Å². The van der Waals surface area contributed by atoms with Crippen molar-refractivity contribution in [1.82, 2.24) is 14.9 Å². The van der Waals surface area contributed by atoms with Crippen molar-refractivity contribution in [3.63, 3.8) is 0 Å². The molecule has 3 aromatic rings. The first kappa shape index (κ1) is 26.2. The minimum absolute atomic E-state index is 0.0618.